The van der Waals surface area contributed by atoms with Crippen molar-refractivity contribution in [3.05, 3.63) is 65.7 Å². The molecule has 0 heterocycles. The van der Waals surface area contributed by atoms with Crippen LogP contribution in [0.2, 0.25) is 0 Å². The third-order valence-corrected chi connectivity index (χ3v) is 5.18. The van der Waals surface area contributed by atoms with Gasteiger partial charge in [0.25, 0.3) is 0 Å². The smallest absolute Gasteiger partial charge is 0.246 e. The molecule has 0 aliphatic carbocycles. The van der Waals surface area contributed by atoms with Crippen molar-refractivity contribution in [1.82, 2.24) is 4.31 Å². The van der Waals surface area contributed by atoms with Crippen LogP contribution >= 0.6 is 0 Å². The Balaban J connectivity index is 2.38. The minimum Gasteiger partial charge on any atom is -0.330 e. The third-order valence-electron chi connectivity index (χ3n) is 3.32. The number of hydrogen-bond acceptors (Lipinski definition) is 3. The minimum atomic E-state index is -4.16. The average molecular weight is 340 g/mol. The monoisotopic (exact) mass is 340 g/mol. The quantitative estimate of drug-likeness (QED) is 0.842. The van der Waals surface area contributed by atoms with Crippen LogP contribution in [0.15, 0.2) is 53.4 Å². The summed E-state index contributed by atoms with van der Waals surface area (Å²) in [6.45, 7) is 0.495. The van der Waals surface area contributed by atoms with Crippen LogP contribution < -0.4 is 5.73 Å². The van der Waals surface area contributed by atoms with Crippen LogP contribution in [0.4, 0.5) is 8.78 Å². The average Bonchev–Trinajstić information content (AvgIpc) is 2.54. The molecule has 2 rings (SSSR count). The molecule has 0 aliphatic rings. The van der Waals surface area contributed by atoms with Gasteiger partial charge in [-0.25, -0.2) is 17.2 Å². The molecule has 0 aromatic heterocycles. The van der Waals surface area contributed by atoms with Gasteiger partial charge >= 0.3 is 0 Å². The van der Waals surface area contributed by atoms with E-state index in [2.05, 4.69) is 0 Å². The van der Waals surface area contributed by atoms with Crippen molar-refractivity contribution in [3.63, 3.8) is 0 Å². The lowest BCUT2D eigenvalue weighted by atomic mass is 10.2. The van der Waals surface area contributed by atoms with E-state index in [1.807, 2.05) is 6.07 Å². The van der Waals surface area contributed by atoms with E-state index >= 15 is 0 Å². The fourth-order valence-electron chi connectivity index (χ4n) is 2.15. The first kappa shape index (κ1) is 17.5. The van der Waals surface area contributed by atoms with Gasteiger partial charge in [0.15, 0.2) is 0 Å². The van der Waals surface area contributed by atoms with Crippen LogP contribution in [0.1, 0.15) is 12.0 Å². The maximum atomic E-state index is 13.9. The number of nitrogens with zero attached hydrogens (tertiary/aromatic N) is 1. The van der Waals surface area contributed by atoms with E-state index in [0.717, 1.165) is 22.0 Å². The van der Waals surface area contributed by atoms with Crippen molar-refractivity contribution in [1.29, 1.82) is 0 Å². The van der Waals surface area contributed by atoms with Gasteiger partial charge in [0, 0.05) is 13.1 Å². The molecular formula is C16H18F2N2O2S. The van der Waals surface area contributed by atoms with E-state index in [1.54, 1.807) is 24.3 Å². The molecule has 0 amide bonds. The van der Waals surface area contributed by atoms with Gasteiger partial charge in [-0.15, -0.1) is 0 Å². The fourth-order valence-corrected chi connectivity index (χ4v) is 3.70. The van der Waals surface area contributed by atoms with Crippen molar-refractivity contribution in [2.45, 2.75) is 17.9 Å². The second-order valence-corrected chi connectivity index (χ2v) is 6.95. The summed E-state index contributed by atoms with van der Waals surface area (Å²) in [7, 11) is -4.16. The topological polar surface area (TPSA) is 63.4 Å². The number of halogens is 2. The second kappa shape index (κ2) is 7.63. The molecule has 2 aromatic rings. The molecule has 7 heteroatoms. The molecule has 0 spiro atoms. The lowest BCUT2D eigenvalue weighted by molar-refractivity contribution is 0.398. The van der Waals surface area contributed by atoms with Crippen molar-refractivity contribution in [2.75, 3.05) is 13.1 Å². The first-order valence-corrected chi connectivity index (χ1v) is 8.58. The van der Waals surface area contributed by atoms with Crippen molar-refractivity contribution in [3.8, 4) is 0 Å². The van der Waals surface area contributed by atoms with Crippen molar-refractivity contribution >= 4 is 10.0 Å². The largest absolute Gasteiger partial charge is 0.330 e. The predicted octanol–water partition coefficient (Wildman–Crippen LogP) is 2.50. The van der Waals surface area contributed by atoms with Crippen LogP contribution in [0.25, 0.3) is 0 Å². The summed E-state index contributed by atoms with van der Waals surface area (Å²) >= 11 is 0. The first-order valence-electron chi connectivity index (χ1n) is 7.14. The predicted molar refractivity (Wildman–Crippen MR) is 84.1 cm³/mol. The Kier molecular flexibility index (Phi) is 5.81. The van der Waals surface area contributed by atoms with Gasteiger partial charge in [0.05, 0.1) is 0 Å². The summed E-state index contributed by atoms with van der Waals surface area (Å²) in [5, 5.41) is 0. The van der Waals surface area contributed by atoms with E-state index in [-0.39, 0.29) is 13.1 Å². The number of rotatable bonds is 7. The Bertz CT molecular complexity index is 752. The molecule has 124 valence electrons. The van der Waals surface area contributed by atoms with Gasteiger partial charge in [-0.2, -0.15) is 4.31 Å². The minimum absolute atomic E-state index is 0.0686. The van der Waals surface area contributed by atoms with E-state index in [4.69, 9.17) is 5.73 Å². The molecule has 0 saturated heterocycles. The second-order valence-electron chi connectivity index (χ2n) is 5.04. The van der Waals surface area contributed by atoms with Crippen LogP contribution in [-0.4, -0.2) is 25.8 Å². The lowest BCUT2D eigenvalue weighted by Gasteiger charge is -2.22. The molecule has 23 heavy (non-hydrogen) atoms. The Hall–Kier alpha value is -1.83. The first-order chi connectivity index (χ1) is 10.9. The zero-order chi connectivity index (χ0) is 16.9. The third kappa shape index (κ3) is 4.34. The normalized spacial score (nSPS) is 11.8. The highest BCUT2D eigenvalue weighted by Gasteiger charge is 2.27. The molecule has 0 unspecified atom stereocenters. The van der Waals surface area contributed by atoms with Gasteiger partial charge in [-0.1, -0.05) is 30.3 Å². The van der Waals surface area contributed by atoms with Crippen molar-refractivity contribution < 1.29 is 17.2 Å². The highest BCUT2D eigenvalue weighted by atomic mass is 32.2. The summed E-state index contributed by atoms with van der Waals surface area (Å²) in [6, 6.07) is 11.3. The number of sulfonamides is 1. The van der Waals surface area contributed by atoms with Gasteiger partial charge in [0.2, 0.25) is 10.0 Å². The molecule has 2 aromatic carbocycles. The molecule has 0 saturated carbocycles. The van der Waals surface area contributed by atoms with E-state index in [9.17, 15) is 17.2 Å². The molecule has 0 radical (unpaired) electrons. The molecule has 4 nitrogen and oxygen atoms in total. The van der Waals surface area contributed by atoms with E-state index < -0.39 is 26.6 Å². The van der Waals surface area contributed by atoms with Gasteiger partial charge in [-0.05, 0) is 36.7 Å². The maximum Gasteiger partial charge on any atom is 0.246 e. The highest BCUT2D eigenvalue weighted by molar-refractivity contribution is 7.89. The molecule has 0 bridgehead atoms. The molecule has 0 aliphatic heterocycles. The van der Waals surface area contributed by atoms with Crippen molar-refractivity contribution in [2.24, 2.45) is 5.73 Å². The number of benzene rings is 2. The summed E-state index contributed by atoms with van der Waals surface area (Å²) in [6.07, 6.45) is 0.420. The summed E-state index contributed by atoms with van der Waals surface area (Å²) in [4.78, 5) is -0.662. The number of nitrogens with two attached hydrogens (primary N) is 1. The Morgan fingerprint density at radius 3 is 2.39 bits per heavy atom. The van der Waals surface area contributed by atoms with Gasteiger partial charge in [0.1, 0.15) is 16.5 Å². The fraction of sp³-hybridized carbons (Fsp3) is 0.250. The Morgan fingerprint density at radius 2 is 1.74 bits per heavy atom. The Morgan fingerprint density at radius 1 is 1.04 bits per heavy atom. The van der Waals surface area contributed by atoms with Crippen LogP contribution in [0.5, 0.6) is 0 Å². The lowest BCUT2D eigenvalue weighted by Crippen LogP contribution is -2.33. The van der Waals surface area contributed by atoms with Crippen LogP contribution in [0.3, 0.4) is 0 Å². The zero-order valence-electron chi connectivity index (χ0n) is 12.5. The summed E-state index contributed by atoms with van der Waals surface area (Å²) < 4.78 is 53.7. The highest BCUT2D eigenvalue weighted by Crippen LogP contribution is 2.22. The molecule has 0 atom stereocenters. The standard InChI is InChI=1S/C16H18F2N2O2S/c17-14-7-8-15(18)16(11-14)23(21,22)20(10-4-9-19)12-13-5-2-1-3-6-13/h1-3,5-8,11H,4,9-10,12,19H2. The Labute approximate surface area is 134 Å². The van der Waals surface area contributed by atoms with Crippen LogP contribution in [0, 0.1) is 11.6 Å². The molecule has 0 fully saturated rings. The number of hydrogen-bond donors (Lipinski definition) is 1. The zero-order valence-corrected chi connectivity index (χ0v) is 13.3. The van der Waals surface area contributed by atoms with E-state index in [0.29, 0.717) is 19.0 Å². The SMILES string of the molecule is NCCCN(Cc1ccccc1)S(=O)(=O)c1cc(F)ccc1F. The summed E-state index contributed by atoms with van der Waals surface area (Å²) in [5.74, 6) is -1.78. The molecular weight excluding hydrogens is 322 g/mol. The van der Waals surface area contributed by atoms with Gasteiger partial charge in [-0.3, -0.25) is 0 Å². The maximum absolute atomic E-state index is 13.9. The summed E-state index contributed by atoms with van der Waals surface area (Å²) in [5.41, 5.74) is 6.21. The van der Waals surface area contributed by atoms with E-state index in [1.165, 1.54) is 0 Å². The van der Waals surface area contributed by atoms with Crippen LogP contribution in [-0.2, 0) is 16.6 Å². The molecule has 2 N–H and O–H groups in total. The van der Waals surface area contributed by atoms with Gasteiger partial charge < -0.3 is 5.73 Å².